The fourth-order valence-electron chi connectivity index (χ4n) is 7.10. The number of anilines is 1. The van der Waals surface area contributed by atoms with Gasteiger partial charge in [0.05, 0.1) is 39.9 Å². The molecule has 0 bridgehead atoms. The number of likely N-dealkylation sites (N-methyl/N-ethyl adjacent to an activating group) is 1. The number of hydrogen-bond acceptors (Lipinski definition) is 12. The largest absolute Gasteiger partial charge is 0.509 e. The molecular formula is C32H32N6O7. The number of aliphatic hydroxyl groups excluding tert-OH is 2. The summed E-state index contributed by atoms with van der Waals surface area (Å²) in [6.45, 7) is 0. The summed E-state index contributed by atoms with van der Waals surface area (Å²) in [5, 5.41) is 55.0. The first kappa shape index (κ1) is 31.1. The third kappa shape index (κ3) is 4.09. The summed E-state index contributed by atoms with van der Waals surface area (Å²) >= 11 is 0. The van der Waals surface area contributed by atoms with Gasteiger partial charge in [0.15, 0.2) is 17.0 Å². The summed E-state index contributed by atoms with van der Waals surface area (Å²) in [6, 6.07) is 7.98. The maximum atomic E-state index is 14.6. The number of phenolic OH excluding ortho intramolecular Hbond substituents is 2. The van der Waals surface area contributed by atoms with E-state index in [-0.39, 0.29) is 23.3 Å². The summed E-state index contributed by atoms with van der Waals surface area (Å²) in [5.74, 6) is -0.390. The molecule has 2 aromatic carbocycles. The van der Waals surface area contributed by atoms with E-state index in [4.69, 9.17) is 17.2 Å². The van der Waals surface area contributed by atoms with Gasteiger partial charge < -0.3 is 42.5 Å². The van der Waals surface area contributed by atoms with E-state index in [1.54, 1.807) is 43.3 Å². The first-order chi connectivity index (χ1) is 21.0. The molecule has 13 heteroatoms. The van der Waals surface area contributed by atoms with Gasteiger partial charge in [0.2, 0.25) is 0 Å². The molecule has 1 amide bonds. The summed E-state index contributed by atoms with van der Waals surface area (Å²) in [4.78, 5) is 43.5. The van der Waals surface area contributed by atoms with Gasteiger partial charge in [0, 0.05) is 25.3 Å². The maximum absolute atomic E-state index is 14.6. The van der Waals surface area contributed by atoms with Crippen molar-refractivity contribution >= 4 is 28.9 Å². The molecular weight excluding hydrogens is 580 g/mol. The Labute approximate surface area is 258 Å². The average Bonchev–Trinajstić information content (AvgIpc) is 2.91. The van der Waals surface area contributed by atoms with Crippen molar-refractivity contribution in [3.05, 3.63) is 69.5 Å². The lowest BCUT2D eigenvalue weighted by atomic mass is 9.47. The topological polar surface area (TPSA) is 240 Å². The molecule has 0 spiro atoms. The van der Waals surface area contributed by atoms with Crippen LogP contribution in [0.25, 0.3) is 5.76 Å². The second-order valence-electron chi connectivity index (χ2n) is 12.1. The van der Waals surface area contributed by atoms with Crippen LogP contribution in [0.1, 0.15) is 28.7 Å². The van der Waals surface area contributed by atoms with Crippen molar-refractivity contribution in [2.45, 2.75) is 30.0 Å². The van der Waals surface area contributed by atoms with E-state index < -0.39 is 74.8 Å². The Hall–Kier alpha value is -5.34. The summed E-state index contributed by atoms with van der Waals surface area (Å²) < 4.78 is 0. The number of Topliss-reactive ketones (excluding diaryl/α,β-unsaturated/α-hetero) is 2. The Balaban J connectivity index is 1.83. The molecule has 45 heavy (non-hydrogen) atoms. The molecule has 0 saturated heterocycles. The van der Waals surface area contributed by atoms with Crippen LogP contribution in [-0.2, 0) is 20.8 Å². The van der Waals surface area contributed by atoms with Gasteiger partial charge in [-0.15, -0.1) is 0 Å². The van der Waals surface area contributed by atoms with E-state index in [0.717, 1.165) is 0 Å². The minimum atomic E-state index is -2.75. The van der Waals surface area contributed by atoms with Crippen molar-refractivity contribution in [3.8, 4) is 29.4 Å². The quantitative estimate of drug-likeness (QED) is 0.180. The number of fused-ring (bicyclic) bond motifs is 3. The van der Waals surface area contributed by atoms with Crippen LogP contribution in [0.3, 0.4) is 0 Å². The molecule has 0 aromatic heterocycles. The molecule has 5 rings (SSSR count). The van der Waals surface area contributed by atoms with Crippen LogP contribution in [0.2, 0.25) is 0 Å². The first-order valence-electron chi connectivity index (χ1n) is 13.8. The predicted molar refractivity (Wildman–Crippen MR) is 163 cm³/mol. The fraction of sp³-hybridized carbons (Fsp3) is 0.312. The molecule has 0 unspecified atom stereocenters. The number of carbonyl (C=O) groups is 3. The van der Waals surface area contributed by atoms with Crippen molar-refractivity contribution in [1.82, 2.24) is 4.90 Å². The van der Waals surface area contributed by atoms with E-state index in [9.17, 15) is 40.1 Å². The highest BCUT2D eigenvalue weighted by Crippen LogP contribution is 2.59. The number of nitrogens with zero attached hydrogens (tertiary/aromatic N) is 3. The molecule has 0 heterocycles. The highest BCUT2D eigenvalue weighted by Gasteiger charge is 2.74. The third-order valence-electron chi connectivity index (χ3n) is 8.90. The van der Waals surface area contributed by atoms with Crippen molar-refractivity contribution in [1.29, 1.82) is 5.26 Å². The van der Waals surface area contributed by atoms with E-state index >= 15 is 0 Å². The highest BCUT2D eigenvalue weighted by molar-refractivity contribution is 6.25. The Morgan fingerprint density at radius 3 is 2.27 bits per heavy atom. The van der Waals surface area contributed by atoms with Gasteiger partial charge in [0.1, 0.15) is 28.6 Å². The zero-order chi connectivity index (χ0) is 33.4. The minimum Gasteiger partial charge on any atom is -0.509 e. The molecule has 10 N–H and O–H groups in total. The number of benzene rings is 2. The van der Waals surface area contributed by atoms with E-state index in [0.29, 0.717) is 16.8 Å². The monoisotopic (exact) mass is 612 g/mol. The third-order valence-corrected chi connectivity index (χ3v) is 8.90. The molecule has 13 nitrogen and oxygen atoms in total. The molecule has 2 aromatic rings. The lowest BCUT2D eigenvalue weighted by Gasteiger charge is -2.58. The fourth-order valence-corrected chi connectivity index (χ4v) is 7.10. The number of aromatic hydroxyl groups is 2. The zero-order valence-corrected chi connectivity index (χ0v) is 25.0. The predicted octanol–water partition coefficient (Wildman–Crippen LogP) is 0.0769. The van der Waals surface area contributed by atoms with Gasteiger partial charge in [-0.1, -0.05) is 17.9 Å². The number of amides is 1. The SMILES string of the molecule is CN(C)c1cc(C#Cc2cccc(O)c2)c(O)c2c1C[C@@]1(N)C[C@@]3(N)[C@H](N(C)C)C(=O)C(C(N)=O)=C(O)[C@@]3(C#N)C(=O)C1=C2O. The zero-order valence-electron chi connectivity index (χ0n) is 25.0. The minimum absolute atomic E-state index is 0.0111. The van der Waals surface area contributed by atoms with Crippen molar-refractivity contribution in [2.24, 2.45) is 22.6 Å². The van der Waals surface area contributed by atoms with Gasteiger partial charge in [-0.3, -0.25) is 19.3 Å². The molecule has 1 fully saturated rings. The normalized spacial score (nSPS) is 27.2. The number of phenols is 2. The van der Waals surface area contributed by atoms with Gasteiger partial charge in [-0.25, -0.2) is 0 Å². The van der Waals surface area contributed by atoms with E-state index in [1.807, 2.05) is 0 Å². The Bertz CT molecular complexity index is 1900. The number of hydrogen-bond donors (Lipinski definition) is 7. The number of carbonyl (C=O) groups excluding carboxylic acids is 3. The molecule has 4 atom stereocenters. The van der Waals surface area contributed by atoms with Crippen LogP contribution < -0.4 is 22.1 Å². The Morgan fingerprint density at radius 2 is 1.71 bits per heavy atom. The number of rotatable bonds is 3. The number of nitriles is 1. The average molecular weight is 613 g/mol. The standard InChI is InChI=1S/C32H32N6O7/c1-37(2)19-11-16(9-8-15-6-5-7-17(39)10-15)23(40)20-18(19)12-30(35)13-32(36)26(38(3)4)25(42)21(29(34)45)27(43)31(32,14-33)28(44)22(30)24(20)41/h5-7,10-11,26,39-41,43H,12-13,35-36H2,1-4H3,(H2,34,45)/t26-,30-,31+,32-/m1/s1. The second-order valence-corrected chi connectivity index (χ2v) is 12.1. The van der Waals surface area contributed by atoms with Crippen LogP contribution in [0.15, 0.2) is 47.2 Å². The van der Waals surface area contributed by atoms with Gasteiger partial charge in [0.25, 0.3) is 5.91 Å². The van der Waals surface area contributed by atoms with Gasteiger partial charge in [-0.05, 0) is 56.8 Å². The van der Waals surface area contributed by atoms with E-state index in [2.05, 4.69) is 11.8 Å². The molecule has 232 valence electrons. The number of aliphatic hydroxyl groups is 2. The van der Waals surface area contributed by atoms with Crippen LogP contribution in [0, 0.1) is 28.6 Å². The van der Waals surface area contributed by atoms with Gasteiger partial charge >= 0.3 is 0 Å². The number of ketones is 2. The van der Waals surface area contributed by atoms with E-state index in [1.165, 1.54) is 31.1 Å². The second kappa shape index (κ2) is 10.1. The summed E-state index contributed by atoms with van der Waals surface area (Å²) in [7, 11) is 6.33. The lowest BCUT2D eigenvalue weighted by Crippen LogP contribution is -2.80. The Kier molecular flexibility index (Phi) is 6.98. The number of primary amides is 1. The summed E-state index contributed by atoms with van der Waals surface area (Å²) in [6.07, 6.45) is -0.660. The maximum Gasteiger partial charge on any atom is 0.255 e. The van der Waals surface area contributed by atoms with Crippen LogP contribution >= 0.6 is 0 Å². The molecule has 3 aliphatic carbocycles. The van der Waals surface area contributed by atoms with Gasteiger partial charge in [-0.2, -0.15) is 5.26 Å². The van der Waals surface area contributed by atoms with Crippen LogP contribution in [0.5, 0.6) is 11.5 Å². The molecule has 0 aliphatic heterocycles. The molecule has 1 saturated carbocycles. The number of nitrogens with two attached hydrogens (primary N) is 3. The first-order valence-corrected chi connectivity index (χ1v) is 13.8. The van der Waals surface area contributed by atoms with Crippen molar-refractivity contribution in [3.63, 3.8) is 0 Å². The van der Waals surface area contributed by atoms with Crippen LogP contribution in [-0.4, -0.2) is 88.1 Å². The lowest BCUT2D eigenvalue weighted by molar-refractivity contribution is -0.139. The highest BCUT2D eigenvalue weighted by atomic mass is 16.3. The van der Waals surface area contributed by atoms with Crippen molar-refractivity contribution in [2.75, 3.05) is 33.1 Å². The Morgan fingerprint density at radius 1 is 1.04 bits per heavy atom. The smallest absolute Gasteiger partial charge is 0.255 e. The van der Waals surface area contributed by atoms with Crippen molar-refractivity contribution < 1.29 is 34.8 Å². The molecule has 0 radical (unpaired) electrons. The molecule has 3 aliphatic rings. The summed E-state index contributed by atoms with van der Waals surface area (Å²) in [5.41, 5.74) is 12.2. The van der Waals surface area contributed by atoms with Crippen LogP contribution in [0.4, 0.5) is 5.69 Å².